The Labute approximate surface area is 157 Å². The summed E-state index contributed by atoms with van der Waals surface area (Å²) in [7, 11) is 0. The number of carbonyl (C=O) groups excluding carboxylic acids is 1. The molecule has 1 atom stereocenters. The maximum atomic E-state index is 13.6. The monoisotopic (exact) mass is 398 g/mol. The minimum absolute atomic E-state index is 0.0215. The summed E-state index contributed by atoms with van der Waals surface area (Å²) in [6.45, 7) is 3.01. The summed E-state index contributed by atoms with van der Waals surface area (Å²) in [6.07, 6.45) is -0.168. The molecule has 0 aliphatic heterocycles. The minimum Gasteiger partial charge on any atom is -0.479 e. The van der Waals surface area contributed by atoms with E-state index in [4.69, 9.17) is 11.6 Å². The summed E-state index contributed by atoms with van der Waals surface area (Å²) < 4.78 is 14.9. The lowest BCUT2D eigenvalue weighted by atomic mass is 10.1. The molecular formula is C16H16ClFN4O5. The van der Waals surface area contributed by atoms with Crippen LogP contribution in [-0.4, -0.2) is 31.7 Å². The number of carboxylic acid groups (broad SMARTS) is 1. The van der Waals surface area contributed by atoms with Crippen molar-refractivity contribution in [2.45, 2.75) is 32.9 Å². The Morgan fingerprint density at radius 1 is 1.44 bits per heavy atom. The number of carboxylic acids is 1. The summed E-state index contributed by atoms with van der Waals surface area (Å²) in [5.41, 5.74) is 0.410. The molecule has 1 heterocycles. The molecule has 2 rings (SSSR count). The Hall–Kier alpha value is -3.01. The summed E-state index contributed by atoms with van der Waals surface area (Å²) in [6, 6.07) is 1.98. The second-order valence-corrected chi connectivity index (χ2v) is 6.17. The van der Waals surface area contributed by atoms with E-state index in [1.54, 1.807) is 0 Å². The van der Waals surface area contributed by atoms with Gasteiger partial charge >= 0.3 is 11.7 Å². The smallest absolute Gasteiger partial charge is 0.330 e. The van der Waals surface area contributed by atoms with Crippen molar-refractivity contribution >= 4 is 29.2 Å². The number of benzene rings is 1. The molecule has 1 amide bonds. The fourth-order valence-electron chi connectivity index (χ4n) is 2.59. The zero-order valence-corrected chi connectivity index (χ0v) is 15.2. The largest absolute Gasteiger partial charge is 0.479 e. The molecule has 11 heteroatoms. The van der Waals surface area contributed by atoms with Gasteiger partial charge < -0.3 is 10.4 Å². The maximum absolute atomic E-state index is 13.6. The molecule has 2 N–H and O–H groups in total. The van der Waals surface area contributed by atoms with Gasteiger partial charge in [0.1, 0.15) is 17.2 Å². The van der Waals surface area contributed by atoms with E-state index in [1.165, 1.54) is 30.7 Å². The fourth-order valence-corrected chi connectivity index (χ4v) is 2.71. The van der Waals surface area contributed by atoms with Crippen LogP contribution >= 0.6 is 11.6 Å². The van der Waals surface area contributed by atoms with E-state index < -0.39 is 28.7 Å². The third-order valence-electron chi connectivity index (χ3n) is 3.91. The molecule has 0 saturated carbocycles. The number of carbonyl (C=O) groups is 2. The highest BCUT2D eigenvalue weighted by atomic mass is 35.5. The van der Waals surface area contributed by atoms with Crippen molar-refractivity contribution in [1.82, 2.24) is 15.1 Å². The first-order chi connectivity index (χ1) is 12.6. The van der Waals surface area contributed by atoms with Crippen molar-refractivity contribution in [3.8, 4) is 0 Å². The molecule has 144 valence electrons. The number of nitro groups is 1. The highest BCUT2D eigenvalue weighted by molar-refractivity contribution is 6.30. The van der Waals surface area contributed by atoms with Gasteiger partial charge in [-0.1, -0.05) is 17.7 Å². The molecule has 1 aromatic carbocycles. The number of nitrogens with one attached hydrogen (secondary N) is 1. The lowest BCUT2D eigenvalue weighted by Gasteiger charge is -2.15. The van der Waals surface area contributed by atoms with Crippen molar-refractivity contribution in [1.29, 1.82) is 0 Å². The van der Waals surface area contributed by atoms with Crippen LogP contribution in [0.1, 0.15) is 29.4 Å². The Morgan fingerprint density at radius 2 is 2.11 bits per heavy atom. The molecule has 1 aromatic heterocycles. The zero-order valence-electron chi connectivity index (χ0n) is 14.4. The summed E-state index contributed by atoms with van der Waals surface area (Å²) >= 11 is 5.57. The average Bonchev–Trinajstić information content (AvgIpc) is 2.87. The van der Waals surface area contributed by atoms with Crippen LogP contribution in [-0.2, 0) is 16.1 Å². The van der Waals surface area contributed by atoms with Crippen LogP contribution in [0.15, 0.2) is 18.2 Å². The molecule has 9 nitrogen and oxygen atoms in total. The SMILES string of the molecule is Cc1nn(CCC(=O)NC(C(=O)O)c2ccc(Cl)c(F)c2)c(C)c1[N+](=O)[O-]. The number of nitrogens with zero attached hydrogens (tertiary/aromatic N) is 3. The van der Waals surface area contributed by atoms with Crippen LogP contribution in [0, 0.1) is 29.8 Å². The minimum atomic E-state index is -1.46. The summed E-state index contributed by atoms with van der Waals surface area (Å²) in [5.74, 6) is -2.80. The number of aryl methyl sites for hydroxylation is 2. The molecule has 0 fully saturated rings. The van der Waals surface area contributed by atoms with Gasteiger partial charge in [0.2, 0.25) is 5.91 Å². The lowest BCUT2D eigenvalue weighted by molar-refractivity contribution is -0.386. The average molecular weight is 399 g/mol. The zero-order chi connectivity index (χ0) is 20.3. The topological polar surface area (TPSA) is 127 Å². The number of hydrogen-bond donors (Lipinski definition) is 2. The van der Waals surface area contributed by atoms with Crippen molar-refractivity contribution in [2.75, 3.05) is 0 Å². The molecule has 2 aromatic rings. The van der Waals surface area contributed by atoms with E-state index in [9.17, 15) is 29.2 Å². The molecule has 0 aliphatic rings. The van der Waals surface area contributed by atoms with Gasteiger partial charge in [0.15, 0.2) is 6.04 Å². The second-order valence-electron chi connectivity index (χ2n) is 5.76. The van der Waals surface area contributed by atoms with Crippen molar-refractivity contribution in [3.63, 3.8) is 0 Å². The Morgan fingerprint density at radius 3 is 2.63 bits per heavy atom. The van der Waals surface area contributed by atoms with E-state index >= 15 is 0 Å². The first-order valence-electron chi connectivity index (χ1n) is 7.77. The Bertz CT molecular complexity index is 914. The Balaban J connectivity index is 2.09. The first kappa shape index (κ1) is 20.3. The quantitative estimate of drug-likeness (QED) is 0.545. The summed E-state index contributed by atoms with van der Waals surface area (Å²) in [5, 5.41) is 26.4. The van der Waals surface area contributed by atoms with Crippen LogP contribution in [0.5, 0.6) is 0 Å². The van der Waals surface area contributed by atoms with Gasteiger partial charge in [-0.25, -0.2) is 9.18 Å². The van der Waals surface area contributed by atoms with Crippen LogP contribution in [0.25, 0.3) is 0 Å². The second kappa shape index (κ2) is 8.12. The number of rotatable bonds is 7. The predicted molar refractivity (Wildman–Crippen MR) is 92.9 cm³/mol. The van der Waals surface area contributed by atoms with Crippen LogP contribution in [0.4, 0.5) is 10.1 Å². The molecule has 0 aliphatic carbocycles. The normalized spacial score (nSPS) is 11.9. The van der Waals surface area contributed by atoms with Gasteiger partial charge in [0.25, 0.3) is 0 Å². The highest BCUT2D eigenvalue weighted by Gasteiger charge is 2.25. The number of halogens is 2. The first-order valence-corrected chi connectivity index (χ1v) is 8.15. The van der Waals surface area contributed by atoms with E-state index in [-0.39, 0.29) is 34.9 Å². The number of aliphatic carboxylic acids is 1. The van der Waals surface area contributed by atoms with Crippen LogP contribution in [0.3, 0.4) is 0 Å². The van der Waals surface area contributed by atoms with Crippen molar-refractivity contribution < 1.29 is 24.0 Å². The molecule has 1 unspecified atom stereocenters. The predicted octanol–water partition coefficient (Wildman–Crippen LogP) is 2.53. The van der Waals surface area contributed by atoms with Gasteiger partial charge in [-0.05, 0) is 31.5 Å². The lowest BCUT2D eigenvalue weighted by Crippen LogP contribution is -2.34. The van der Waals surface area contributed by atoms with Crippen molar-refractivity contribution in [3.05, 3.63) is 56.1 Å². The third-order valence-corrected chi connectivity index (χ3v) is 4.21. The summed E-state index contributed by atoms with van der Waals surface area (Å²) in [4.78, 5) is 34.0. The van der Waals surface area contributed by atoms with E-state index in [2.05, 4.69) is 10.4 Å². The number of hydrogen-bond acceptors (Lipinski definition) is 5. The van der Waals surface area contributed by atoms with Crippen molar-refractivity contribution in [2.24, 2.45) is 0 Å². The van der Waals surface area contributed by atoms with Gasteiger partial charge in [-0.15, -0.1) is 0 Å². The van der Waals surface area contributed by atoms with Gasteiger partial charge in [-0.2, -0.15) is 5.10 Å². The van der Waals surface area contributed by atoms with E-state index in [0.717, 1.165) is 6.07 Å². The van der Waals surface area contributed by atoms with Gasteiger partial charge in [0, 0.05) is 6.42 Å². The molecular weight excluding hydrogens is 383 g/mol. The Kier molecular flexibility index (Phi) is 6.11. The molecule has 27 heavy (non-hydrogen) atoms. The maximum Gasteiger partial charge on any atom is 0.330 e. The molecule has 0 bridgehead atoms. The number of amides is 1. The van der Waals surface area contributed by atoms with Crippen LogP contribution < -0.4 is 5.32 Å². The standard InChI is InChI=1S/C16H16ClFN4O5/c1-8-15(22(26)27)9(2)21(20-8)6-5-13(23)19-14(16(24)25)10-3-4-11(17)12(18)7-10/h3-4,7,14H,5-6H2,1-2H3,(H,19,23)(H,24,25). The fraction of sp³-hybridized carbons (Fsp3) is 0.312. The molecule has 0 radical (unpaired) electrons. The van der Waals surface area contributed by atoms with E-state index in [0.29, 0.717) is 5.69 Å². The van der Waals surface area contributed by atoms with Crippen LogP contribution in [0.2, 0.25) is 5.02 Å². The number of aromatic nitrogens is 2. The van der Waals surface area contributed by atoms with E-state index in [1.807, 2.05) is 0 Å². The van der Waals surface area contributed by atoms with Gasteiger partial charge in [0.05, 0.1) is 16.5 Å². The molecule has 0 spiro atoms. The third kappa shape index (κ3) is 4.59. The molecule has 0 saturated heterocycles. The highest BCUT2D eigenvalue weighted by Crippen LogP contribution is 2.23. The van der Waals surface area contributed by atoms with Gasteiger partial charge in [-0.3, -0.25) is 19.6 Å².